The van der Waals surface area contributed by atoms with Crippen LogP contribution in [-0.2, 0) is 28.8 Å². The van der Waals surface area contributed by atoms with Crippen LogP contribution in [0.2, 0.25) is 0 Å². The van der Waals surface area contributed by atoms with E-state index in [1.807, 2.05) is 0 Å². The van der Waals surface area contributed by atoms with Crippen LogP contribution < -0.4 is 21.7 Å². The van der Waals surface area contributed by atoms with Gasteiger partial charge in [0.15, 0.2) is 0 Å². The predicted molar refractivity (Wildman–Crippen MR) is 131 cm³/mol. The van der Waals surface area contributed by atoms with E-state index in [0.717, 1.165) is 4.90 Å². The predicted octanol–water partition coefficient (Wildman–Crippen LogP) is -0.184. The molecule has 36 heavy (non-hydrogen) atoms. The molecule has 5 amide bonds. The minimum atomic E-state index is -1.17. The molecule has 6 N–H and O–H groups in total. The summed E-state index contributed by atoms with van der Waals surface area (Å²) in [4.78, 5) is 73.1. The summed E-state index contributed by atoms with van der Waals surface area (Å²) >= 11 is 0. The Morgan fingerprint density at radius 3 is 2.08 bits per heavy atom. The first-order valence-corrected chi connectivity index (χ1v) is 12.3. The van der Waals surface area contributed by atoms with Gasteiger partial charge in [-0.25, -0.2) is 4.79 Å². The number of aliphatic carboxylic acids is 1. The number of carbonyl (C=O) groups is 6. The zero-order valence-electron chi connectivity index (χ0n) is 21.2. The number of unbranched alkanes of at least 4 members (excludes halogenated alkanes) is 3. The quantitative estimate of drug-likeness (QED) is 0.132. The molecule has 12 nitrogen and oxygen atoms in total. The number of nitrogens with zero attached hydrogens (tertiary/aromatic N) is 1. The highest BCUT2D eigenvalue weighted by Gasteiger charge is 2.28. The molecule has 202 valence electrons. The van der Waals surface area contributed by atoms with Crippen LogP contribution in [0.25, 0.3) is 0 Å². The van der Waals surface area contributed by atoms with Crippen molar-refractivity contribution in [3.05, 3.63) is 12.2 Å². The van der Waals surface area contributed by atoms with Gasteiger partial charge in [-0.3, -0.25) is 28.9 Å². The Hall–Kier alpha value is -3.28. The molecule has 0 aromatic carbocycles. The maximum Gasteiger partial charge on any atom is 0.326 e. The fourth-order valence-corrected chi connectivity index (χ4v) is 3.58. The molecule has 1 heterocycles. The highest BCUT2D eigenvalue weighted by molar-refractivity contribution is 6.12. The standard InChI is InChI=1S/C24H39N5O7/c1-15(2)21(28-18(30)10-5-4-8-14-29-19(31)11-12-20(29)32)23(34)26-16(3)22(33)27-17(24(35)36)9-6-7-13-25/h11-12,15-17,21H,4-10,13-14,25H2,1-3H3,(H,26,34)(H,27,33)(H,28,30)(H,35,36)/t16-,17-,21-/m0/s1. The summed E-state index contributed by atoms with van der Waals surface area (Å²) in [5.41, 5.74) is 5.42. The molecule has 1 rings (SSSR count). The smallest absolute Gasteiger partial charge is 0.326 e. The van der Waals surface area contributed by atoms with Gasteiger partial charge < -0.3 is 26.8 Å². The molecule has 0 unspecified atom stereocenters. The van der Waals surface area contributed by atoms with Crippen LogP contribution in [0, 0.1) is 5.92 Å². The van der Waals surface area contributed by atoms with E-state index < -0.39 is 35.9 Å². The fourth-order valence-electron chi connectivity index (χ4n) is 3.58. The number of imide groups is 1. The Kier molecular flexibility index (Phi) is 13.4. The lowest BCUT2D eigenvalue weighted by atomic mass is 10.0. The normalized spacial score (nSPS) is 15.5. The average molecular weight is 510 g/mol. The Labute approximate surface area is 211 Å². The van der Waals surface area contributed by atoms with Crippen molar-refractivity contribution in [2.45, 2.75) is 83.8 Å². The van der Waals surface area contributed by atoms with E-state index in [2.05, 4.69) is 16.0 Å². The van der Waals surface area contributed by atoms with Crippen molar-refractivity contribution in [1.82, 2.24) is 20.9 Å². The molecule has 12 heteroatoms. The first-order chi connectivity index (χ1) is 17.0. The summed E-state index contributed by atoms with van der Waals surface area (Å²) < 4.78 is 0. The number of rotatable bonds is 17. The van der Waals surface area contributed by atoms with Gasteiger partial charge in [0.2, 0.25) is 17.7 Å². The molecule has 3 atom stereocenters. The Morgan fingerprint density at radius 2 is 1.53 bits per heavy atom. The molecular formula is C24H39N5O7. The van der Waals surface area contributed by atoms with E-state index in [0.29, 0.717) is 45.2 Å². The number of nitrogens with two attached hydrogens (primary N) is 1. The lowest BCUT2D eigenvalue weighted by Crippen LogP contribution is -2.56. The van der Waals surface area contributed by atoms with Gasteiger partial charge in [-0.05, 0) is 51.5 Å². The molecule has 0 fully saturated rings. The van der Waals surface area contributed by atoms with Gasteiger partial charge in [-0.2, -0.15) is 0 Å². The minimum absolute atomic E-state index is 0.162. The van der Waals surface area contributed by atoms with Gasteiger partial charge in [0, 0.05) is 25.1 Å². The highest BCUT2D eigenvalue weighted by Crippen LogP contribution is 2.09. The van der Waals surface area contributed by atoms with Crippen molar-refractivity contribution in [3.8, 4) is 0 Å². The van der Waals surface area contributed by atoms with Crippen LogP contribution >= 0.6 is 0 Å². The maximum atomic E-state index is 12.7. The second-order valence-electron chi connectivity index (χ2n) is 9.18. The monoisotopic (exact) mass is 509 g/mol. The topological polar surface area (TPSA) is 188 Å². The van der Waals surface area contributed by atoms with Gasteiger partial charge >= 0.3 is 5.97 Å². The summed E-state index contributed by atoms with van der Waals surface area (Å²) in [6, 6.07) is -2.96. The molecule has 0 bridgehead atoms. The molecule has 1 aliphatic rings. The zero-order chi connectivity index (χ0) is 27.3. The lowest BCUT2D eigenvalue weighted by Gasteiger charge is -2.24. The Bertz CT molecular complexity index is 825. The largest absolute Gasteiger partial charge is 0.480 e. The second kappa shape index (κ2) is 15.7. The number of carboxylic acids is 1. The number of amides is 5. The van der Waals surface area contributed by atoms with Crippen molar-refractivity contribution in [1.29, 1.82) is 0 Å². The third-order valence-corrected chi connectivity index (χ3v) is 5.77. The fraction of sp³-hybridized carbons (Fsp3) is 0.667. The van der Waals surface area contributed by atoms with Crippen molar-refractivity contribution in [2.24, 2.45) is 11.7 Å². The first-order valence-electron chi connectivity index (χ1n) is 12.3. The first kappa shape index (κ1) is 30.8. The lowest BCUT2D eigenvalue weighted by molar-refractivity contribution is -0.142. The molecular weight excluding hydrogens is 470 g/mol. The number of carbonyl (C=O) groups excluding carboxylic acids is 5. The summed E-state index contributed by atoms with van der Waals surface area (Å²) in [7, 11) is 0. The van der Waals surface area contributed by atoms with Gasteiger partial charge in [-0.1, -0.05) is 20.3 Å². The van der Waals surface area contributed by atoms with E-state index in [1.165, 1.54) is 19.1 Å². The summed E-state index contributed by atoms with van der Waals surface area (Å²) in [5.74, 6) is -3.61. The van der Waals surface area contributed by atoms with Crippen molar-refractivity contribution < 1.29 is 33.9 Å². The molecule has 0 radical (unpaired) electrons. The summed E-state index contributed by atoms with van der Waals surface area (Å²) in [5, 5.41) is 17.0. The number of nitrogens with one attached hydrogen (secondary N) is 3. The molecule has 0 saturated carbocycles. The molecule has 0 aromatic heterocycles. The van der Waals surface area contributed by atoms with Gasteiger partial charge in [0.1, 0.15) is 18.1 Å². The molecule has 0 saturated heterocycles. The van der Waals surface area contributed by atoms with Gasteiger partial charge in [0.25, 0.3) is 11.8 Å². The highest BCUT2D eigenvalue weighted by atomic mass is 16.4. The van der Waals surface area contributed by atoms with Crippen LogP contribution in [0.15, 0.2) is 12.2 Å². The molecule has 0 spiro atoms. The third kappa shape index (κ3) is 10.5. The van der Waals surface area contributed by atoms with Crippen LogP contribution in [-0.4, -0.2) is 76.7 Å². The average Bonchev–Trinajstić information content (AvgIpc) is 3.13. The van der Waals surface area contributed by atoms with E-state index in [-0.39, 0.29) is 36.5 Å². The van der Waals surface area contributed by atoms with Gasteiger partial charge in [-0.15, -0.1) is 0 Å². The van der Waals surface area contributed by atoms with E-state index in [9.17, 15) is 33.9 Å². The van der Waals surface area contributed by atoms with E-state index in [1.54, 1.807) is 13.8 Å². The van der Waals surface area contributed by atoms with Crippen LogP contribution in [0.1, 0.15) is 65.7 Å². The van der Waals surface area contributed by atoms with Crippen LogP contribution in [0.4, 0.5) is 0 Å². The van der Waals surface area contributed by atoms with Crippen molar-refractivity contribution in [3.63, 3.8) is 0 Å². The molecule has 0 aliphatic carbocycles. The van der Waals surface area contributed by atoms with Crippen LogP contribution in [0.5, 0.6) is 0 Å². The SMILES string of the molecule is CC(C)[C@H](NC(=O)CCCCCN1C(=O)C=CC1=O)C(=O)N[C@@H](C)C(=O)N[C@@H](CCCCN)C(=O)O. The molecule has 0 aromatic rings. The third-order valence-electron chi connectivity index (χ3n) is 5.77. The van der Waals surface area contributed by atoms with E-state index >= 15 is 0 Å². The van der Waals surface area contributed by atoms with Crippen molar-refractivity contribution >= 4 is 35.5 Å². The summed E-state index contributed by atoms with van der Waals surface area (Å²) in [6.45, 7) is 5.67. The summed E-state index contributed by atoms with van der Waals surface area (Å²) in [6.07, 6.45) is 5.73. The number of hydrogen-bond acceptors (Lipinski definition) is 7. The Balaban J connectivity index is 2.47. The molecule has 1 aliphatic heterocycles. The number of carboxylic acid groups (broad SMARTS) is 1. The van der Waals surface area contributed by atoms with Crippen LogP contribution in [0.3, 0.4) is 0 Å². The number of hydrogen-bond donors (Lipinski definition) is 5. The van der Waals surface area contributed by atoms with Gasteiger partial charge in [0.05, 0.1) is 0 Å². The second-order valence-corrected chi connectivity index (χ2v) is 9.18. The zero-order valence-corrected chi connectivity index (χ0v) is 21.2. The minimum Gasteiger partial charge on any atom is -0.480 e. The van der Waals surface area contributed by atoms with Crippen molar-refractivity contribution in [2.75, 3.05) is 13.1 Å². The Morgan fingerprint density at radius 1 is 0.889 bits per heavy atom. The van der Waals surface area contributed by atoms with E-state index in [4.69, 9.17) is 5.73 Å². The maximum absolute atomic E-state index is 12.7.